The molecule has 3 N–H and O–H groups in total. The van der Waals surface area contributed by atoms with Gasteiger partial charge in [0.05, 0.1) is 0 Å². The van der Waals surface area contributed by atoms with Gasteiger partial charge in [-0.3, -0.25) is 4.90 Å². The minimum Gasteiger partial charge on any atom is -0.370 e. The highest BCUT2D eigenvalue weighted by Crippen LogP contribution is 2.15. The van der Waals surface area contributed by atoms with Crippen LogP contribution < -0.4 is 11.1 Å². The van der Waals surface area contributed by atoms with Crippen LogP contribution in [0.15, 0.2) is 4.99 Å². The third kappa shape index (κ3) is 6.35. The zero-order valence-electron chi connectivity index (χ0n) is 10.0. The van der Waals surface area contributed by atoms with Crippen molar-refractivity contribution in [2.45, 2.75) is 32.2 Å². The lowest BCUT2D eigenvalue weighted by Crippen LogP contribution is -2.42. The number of likely N-dealkylation sites (tertiary alicyclic amines) is 1. The second-order valence-corrected chi connectivity index (χ2v) is 3.92. The molecule has 0 saturated carbocycles. The van der Waals surface area contributed by atoms with E-state index >= 15 is 0 Å². The number of likely N-dealkylation sites (N-methyl/N-ethyl adjacent to an activating group) is 1. The number of nitrogens with zero attached hydrogens (tertiary/aromatic N) is 2. The van der Waals surface area contributed by atoms with Gasteiger partial charge in [0.2, 0.25) is 0 Å². The largest absolute Gasteiger partial charge is 0.370 e. The van der Waals surface area contributed by atoms with Gasteiger partial charge >= 0.3 is 0 Å². The quantitative estimate of drug-likeness (QED) is 0.440. The zero-order chi connectivity index (χ0) is 12.0. The van der Waals surface area contributed by atoms with Crippen molar-refractivity contribution in [1.82, 2.24) is 10.2 Å². The Bertz CT molecular complexity index is 238. The molecule has 1 rings (SSSR count). The fraction of sp³-hybridized carbons (Fsp3) is 0.900. The van der Waals surface area contributed by atoms with E-state index < -0.39 is 13.0 Å². The first kappa shape index (κ1) is 16.8. The molecule has 1 aliphatic rings. The number of hydrogen-bond donors (Lipinski definition) is 2. The normalized spacial score (nSPS) is 21.6. The van der Waals surface area contributed by atoms with Gasteiger partial charge in [-0.2, -0.15) is 0 Å². The lowest BCUT2D eigenvalue weighted by molar-refractivity contribution is 0.158. The van der Waals surface area contributed by atoms with E-state index in [2.05, 4.69) is 22.1 Å². The van der Waals surface area contributed by atoms with E-state index in [1.807, 2.05) is 0 Å². The summed E-state index contributed by atoms with van der Waals surface area (Å²) in [5, 5.41) is 2.90. The lowest BCUT2D eigenvalue weighted by Gasteiger charge is -2.23. The van der Waals surface area contributed by atoms with Gasteiger partial charge in [0.1, 0.15) is 6.54 Å². The van der Waals surface area contributed by atoms with E-state index in [1.165, 1.54) is 6.42 Å². The fourth-order valence-corrected chi connectivity index (χ4v) is 1.99. The van der Waals surface area contributed by atoms with Gasteiger partial charge in [-0.25, -0.2) is 13.8 Å². The van der Waals surface area contributed by atoms with Crippen LogP contribution in [0.2, 0.25) is 0 Å². The Morgan fingerprint density at radius 2 is 2.29 bits per heavy atom. The van der Waals surface area contributed by atoms with Gasteiger partial charge in [-0.05, 0) is 25.9 Å². The first-order valence-electron chi connectivity index (χ1n) is 5.69. The van der Waals surface area contributed by atoms with E-state index in [0.29, 0.717) is 12.6 Å². The number of rotatable bonds is 5. The molecule has 0 aromatic carbocycles. The summed E-state index contributed by atoms with van der Waals surface area (Å²) in [7, 11) is 0. The van der Waals surface area contributed by atoms with Crippen LogP contribution in [0.3, 0.4) is 0 Å². The van der Waals surface area contributed by atoms with Crippen LogP contribution in [0.4, 0.5) is 8.78 Å². The average molecular weight is 362 g/mol. The number of alkyl halides is 2. The predicted molar refractivity (Wildman–Crippen MR) is 76.2 cm³/mol. The molecule has 0 aromatic rings. The standard InChI is InChI=1S/C10H20F2N4.HI/c1-2-16-5-3-4-8(16)6-14-10(13)15-7-9(11)12;/h8-9H,2-7H2,1H3,(H3,13,14,15);1H. The first-order valence-corrected chi connectivity index (χ1v) is 5.69. The summed E-state index contributed by atoms with van der Waals surface area (Å²) >= 11 is 0. The number of nitrogens with one attached hydrogen (secondary N) is 1. The highest BCUT2D eigenvalue weighted by molar-refractivity contribution is 14.0. The Kier molecular flexibility index (Phi) is 8.75. The van der Waals surface area contributed by atoms with E-state index in [1.54, 1.807) is 0 Å². The van der Waals surface area contributed by atoms with Crippen LogP contribution in [-0.4, -0.2) is 49.5 Å². The van der Waals surface area contributed by atoms with Crippen LogP contribution in [0.25, 0.3) is 0 Å². The first-order chi connectivity index (χ1) is 7.63. The second kappa shape index (κ2) is 8.84. The number of nitrogens with two attached hydrogens (primary N) is 1. The molecule has 1 aliphatic heterocycles. The Balaban J connectivity index is 0.00000256. The number of guanidine groups is 1. The summed E-state index contributed by atoms with van der Waals surface area (Å²) in [5.41, 5.74) is 5.47. The van der Waals surface area contributed by atoms with Crippen LogP contribution in [0.5, 0.6) is 0 Å². The summed E-state index contributed by atoms with van der Waals surface area (Å²) in [4.78, 5) is 5.90. The van der Waals surface area contributed by atoms with Crippen molar-refractivity contribution in [3.05, 3.63) is 0 Å². The van der Waals surface area contributed by atoms with Crippen molar-refractivity contribution >= 4 is 29.9 Å². The van der Waals surface area contributed by atoms with Crippen LogP contribution >= 0.6 is 24.0 Å². The molecule has 0 spiro atoms. The van der Waals surface area contributed by atoms with Gasteiger partial charge < -0.3 is 11.1 Å². The summed E-state index contributed by atoms with van der Waals surface area (Å²) in [6.07, 6.45) is -0.115. The third-order valence-corrected chi connectivity index (χ3v) is 2.82. The molecule has 17 heavy (non-hydrogen) atoms. The highest BCUT2D eigenvalue weighted by atomic mass is 127. The maximum absolute atomic E-state index is 11.9. The molecule has 1 atom stereocenters. The number of halogens is 3. The monoisotopic (exact) mass is 362 g/mol. The molecule has 1 unspecified atom stereocenters. The summed E-state index contributed by atoms with van der Waals surface area (Å²) in [5.74, 6) is 0.114. The smallest absolute Gasteiger partial charge is 0.257 e. The summed E-state index contributed by atoms with van der Waals surface area (Å²) in [6.45, 7) is 4.40. The zero-order valence-corrected chi connectivity index (χ0v) is 12.4. The Morgan fingerprint density at radius 3 is 2.88 bits per heavy atom. The number of aliphatic imine (C=N–C) groups is 1. The average Bonchev–Trinajstić information content (AvgIpc) is 2.70. The van der Waals surface area contributed by atoms with E-state index in [9.17, 15) is 8.78 Å². The Morgan fingerprint density at radius 1 is 1.59 bits per heavy atom. The van der Waals surface area contributed by atoms with Crippen molar-refractivity contribution in [1.29, 1.82) is 0 Å². The van der Waals surface area contributed by atoms with Gasteiger partial charge in [0.15, 0.2) is 5.96 Å². The van der Waals surface area contributed by atoms with E-state index in [0.717, 1.165) is 19.5 Å². The van der Waals surface area contributed by atoms with E-state index in [-0.39, 0.29) is 29.9 Å². The fourth-order valence-electron chi connectivity index (χ4n) is 1.99. The Hall–Kier alpha value is -0.180. The van der Waals surface area contributed by atoms with Crippen LogP contribution in [-0.2, 0) is 0 Å². The molecule has 0 aromatic heterocycles. The molecule has 102 valence electrons. The third-order valence-electron chi connectivity index (χ3n) is 2.82. The molecule has 0 amide bonds. The molecular weight excluding hydrogens is 341 g/mol. The van der Waals surface area contributed by atoms with Gasteiger partial charge in [-0.1, -0.05) is 6.92 Å². The molecule has 4 nitrogen and oxygen atoms in total. The molecule has 0 bridgehead atoms. The maximum atomic E-state index is 11.9. The molecule has 7 heteroatoms. The van der Waals surface area contributed by atoms with Crippen molar-refractivity contribution in [3.8, 4) is 0 Å². The topological polar surface area (TPSA) is 53.6 Å². The molecule has 1 fully saturated rings. The maximum Gasteiger partial charge on any atom is 0.257 e. The molecule has 0 aliphatic carbocycles. The number of hydrogen-bond acceptors (Lipinski definition) is 2. The van der Waals surface area contributed by atoms with Crippen molar-refractivity contribution in [2.75, 3.05) is 26.2 Å². The van der Waals surface area contributed by atoms with Crippen LogP contribution in [0.1, 0.15) is 19.8 Å². The Labute approximate surface area is 118 Å². The van der Waals surface area contributed by atoms with E-state index in [4.69, 9.17) is 5.73 Å². The van der Waals surface area contributed by atoms with Crippen molar-refractivity contribution < 1.29 is 8.78 Å². The molecule has 1 saturated heterocycles. The lowest BCUT2D eigenvalue weighted by atomic mass is 10.2. The predicted octanol–water partition coefficient (Wildman–Crippen LogP) is 1.26. The highest BCUT2D eigenvalue weighted by Gasteiger charge is 2.22. The summed E-state index contributed by atoms with van der Waals surface area (Å²) in [6, 6.07) is 0.449. The second-order valence-electron chi connectivity index (χ2n) is 3.92. The van der Waals surface area contributed by atoms with Gasteiger partial charge in [0, 0.05) is 12.6 Å². The van der Waals surface area contributed by atoms with Crippen molar-refractivity contribution in [3.63, 3.8) is 0 Å². The SMILES string of the molecule is CCN1CCCC1CNC(N)=NCC(F)F.I. The summed E-state index contributed by atoms with van der Waals surface area (Å²) < 4.78 is 23.7. The molecule has 0 radical (unpaired) electrons. The van der Waals surface area contributed by atoms with Crippen LogP contribution in [0, 0.1) is 0 Å². The minimum atomic E-state index is -2.43. The van der Waals surface area contributed by atoms with Gasteiger partial charge in [0.25, 0.3) is 6.43 Å². The molecular formula is C10H21F2IN4. The van der Waals surface area contributed by atoms with Crippen molar-refractivity contribution in [2.24, 2.45) is 10.7 Å². The van der Waals surface area contributed by atoms with Gasteiger partial charge in [-0.15, -0.1) is 24.0 Å². The minimum absolute atomic E-state index is 0. The molecule has 1 heterocycles.